The third-order valence-corrected chi connectivity index (χ3v) is 7.78. The molecule has 1 amide bonds. The molecule has 170 valence electrons. The molecule has 0 radical (unpaired) electrons. The normalized spacial score (nSPS) is 13.8. The number of nitrogen functional groups attached to an aromatic ring is 1. The first kappa shape index (κ1) is 22.6. The van der Waals surface area contributed by atoms with Gasteiger partial charge in [-0.2, -0.15) is 0 Å². The standard InChI is InChI=1S/C22H23F2N3O3S2/c1-3-30-22(29)15-11-7-5-4-6-8-13(11)31-21(15)27-19(28)17-16(25)14-10(2)9-12(18(23)24)26-20(14)32-17/h9,18H,3-8,25H2,1-2H3,(H,27,28). The smallest absolute Gasteiger partial charge is 0.341 e. The molecule has 10 heteroatoms. The molecular formula is C22H23F2N3O3S2. The lowest BCUT2D eigenvalue weighted by Gasteiger charge is -2.08. The molecule has 3 N–H and O–H groups in total. The minimum absolute atomic E-state index is 0.181. The lowest BCUT2D eigenvalue weighted by atomic mass is 10.1. The fourth-order valence-corrected chi connectivity index (χ4v) is 6.37. The number of thiophene rings is 2. The summed E-state index contributed by atoms with van der Waals surface area (Å²) in [4.78, 5) is 31.4. The number of alkyl halides is 2. The highest BCUT2D eigenvalue weighted by Gasteiger charge is 2.28. The van der Waals surface area contributed by atoms with Crippen LogP contribution >= 0.6 is 22.7 Å². The van der Waals surface area contributed by atoms with Crippen LogP contribution in [-0.4, -0.2) is 23.5 Å². The largest absolute Gasteiger partial charge is 0.462 e. The van der Waals surface area contributed by atoms with Crippen LogP contribution in [0, 0.1) is 6.92 Å². The van der Waals surface area contributed by atoms with Gasteiger partial charge in [0.15, 0.2) is 0 Å². The van der Waals surface area contributed by atoms with Gasteiger partial charge in [0, 0.05) is 10.3 Å². The fourth-order valence-electron chi connectivity index (χ4n) is 4.03. The van der Waals surface area contributed by atoms with Gasteiger partial charge in [-0.15, -0.1) is 22.7 Å². The number of halogens is 2. The van der Waals surface area contributed by atoms with Crippen LogP contribution in [0.5, 0.6) is 0 Å². The van der Waals surface area contributed by atoms with Crippen molar-refractivity contribution in [2.24, 2.45) is 0 Å². The molecular weight excluding hydrogens is 456 g/mol. The highest BCUT2D eigenvalue weighted by Crippen LogP contribution is 2.40. The molecule has 3 aromatic rings. The van der Waals surface area contributed by atoms with Gasteiger partial charge >= 0.3 is 5.97 Å². The van der Waals surface area contributed by atoms with Crippen LogP contribution in [0.4, 0.5) is 19.5 Å². The second-order valence-electron chi connectivity index (χ2n) is 7.63. The van der Waals surface area contributed by atoms with Gasteiger partial charge in [0.2, 0.25) is 0 Å². The molecule has 1 aliphatic rings. The maximum Gasteiger partial charge on any atom is 0.341 e. The summed E-state index contributed by atoms with van der Waals surface area (Å²) < 4.78 is 31.5. The molecule has 0 bridgehead atoms. The molecule has 1 aliphatic carbocycles. The number of aryl methyl sites for hydroxylation is 2. The molecule has 3 heterocycles. The predicted octanol–water partition coefficient (Wildman–Crippen LogP) is 5.88. The summed E-state index contributed by atoms with van der Waals surface area (Å²) in [7, 11) is 0. The highest BCUT2D eigenvalue weighted by atomic mass is 32.1. The first-order valence-electron chi connectivity index (χ1n) is 10.4. The van der Waals surface area contributed by atoms with Crippen molar-refractivity contribution in [3.05, 3.63) is 38.2 Å². The van der Waals surface area contributed by atoms with E-state index in [4.69, 9.17) is 10.5 Å². The third kappa shape index (κ3) is 4.09. The first-order chi connectivity index (χ1) is 15.3. The zero-order valence-corrected chi connectivity index (χ0v) is 19.4. The summed E-state index contributed by atoms with van der Waals surface area (Å²) in [6, 6.07) is 1.28. The molecule has 0 spiro atoms. The molecule has 0 unspecified atom stereocenters. The summed E-state index contributed by atoms with van der Waals surface area (Å²) in [6.45, 7) is 3.63. The number of carbonyl (C=O) groups is 2. The zero-order valence-electron chi connectivity index (χ0n) is 17.7. The number of amides is 1. The zero-order chi connectivity index (χ0) is 23.0. The number of hydrogen-bond donors (Lipinski definition) is 2. The minimum atomic E-state index is -2.72. The van der Waals surface area contributed by atoms with E-state index in [-0.39, 0.29) is 27.7 Å². The second kappa shape index (κ2) is 9.11. The molecule has 0 aliphatic heterocycles. The first-order valence-corrected chi connectivity index (χ1v) is 12.1. The lowest BCUT2D eigenvalue weighted by Crippen LogP contribution is -2.15. The van der Waals surface area contributed by atoms with Gasteiger partial charge in [0.05, 0.1) is 17.9 Å². The van der Waals surface area contributed by atoms with Crippen molar-refractivity contribution in [1.29, 1.82) is 0 Å². The summed E-state index contributed by atoms with van der Waals surface area (Å²) >= 11 is 2.36. The Balaban J connectivity index is 1.73. The van der Waals surface area contributed by atoms with E-state index in [1.807, 2.05) is 0 Å². The van der Waals surface area contributed by atoms with Crippen molar-refractivity contribution in [3.63, 3.8) is 0 Å². The molecule has 0 saturated carbocycles. The summed E-state index contributed by atoms with van der Waals surface area (Å²) in [5, 5.41) is 3.77. The average Bonchev–Trinajstić information content (AvgIpc) is 3.16. The topological polar surface area (TPSA) is 94.3 Å². The molecule has 0 aromatic carbocycles. The monoisotopic (exact) mass is 479 g/mol. The summed E-state index contributed by atoms with van der Waals surface area (Å²) in [6.07, 6.45) is 2.00. The number of aromatic nitrogens is 1. The molecule has 0 fully saturated rings. The van der Waals surface area contributed by atoms with Gasteiger partial charge in [-0.25, -0.2) is 18.6 Å². The number of ether oxygens (including phenoxy) is 1. The van der Waals surface area contributed by atoms with E-state index in [0.717, 1.165) is 53.9 Å². The van der Waals surface area contributed by atoms with Crippen molar-refractivity contribution in [2.45, 2.75) is 52.4 Å². The number of hydrogen-bond acceptors (Lipinski definition) is 7. The maximum atomic E-state index is 13.1. The summed E-state index contributed by atoms with van der Waals surface area (Å²) in [5.41, 5.74) is 7.96. The van der Waals surface area contributed by atoms with Crippen LogP contribution < -0.4 is 11.1 Å². The Morgan fingerprint density at radius 1 is 1.25 bits per heavy atom. The van der Waals surface area contributed by atoms with Crippen LogP contribution in [0.15, 0.2) is 6.07 Å². The second-order valence-corrected chi connectivity index (χ2v) is 9.74. The molecule has 6 nitrogen and oxygen atoms in total. The van der Waals surface area contributed by atoms with Gasteiger partial charge in [-0.1, -0.05) is 6.42 Å². The van der Waals surface area contributed by atoms with Gasteiger partial charge in [-0.3, -0.25) is 4.79 Å². The van der Waals surface area contributed by atoms with Gasteiger partial charge in [-0.05, 0) is 56.7 Å². The average molecular weight is 480 g/mol. The number of nitrogens with one attached hydrogen (secondary N) is 1. The van der Waals surface area contributed by atoms with Crippen molar-refractivity contribution >= 4 is 55.5 Å². The Morgan fingerprint density at radius 2 is 2.00 bits per heavy atom. The van der Waals surface area contributed by atoms with Crippen molar-refractivity contribution in [3.8, 4) is 0 Å². The van der Waals surface area contributed by atoms with E-state index >= 15 is 0 Å². The van der Waals surface area contributed by atoms with E-state index in [1.165, 1.54) is 17.4 Å². The van der Waals surface area contributed by atoms with E-state index in [1.54, 1.807) is 13.8 Å². The van der Waals surface area contributed by atoms with Crippen LogP contribution in [0.3, 0.4) is 0 Å². The number of pyridine rings is 1. The van der Waals surface area contributed by atoms with Crippen molar-refractivity contribution < 1.29 is 23.1 Å². The Bertz CT molecular complexity index is 1200. The Labute approximate surface area is 191 Å². The molecule has 32 heavy (non-hydrogen) atoms. The Morgan fingerprint density at radius 3 is 2.72 bits per heavy atom. The fraction of sp³-hybridized carbons (Fsp3) is 0.409. The van der Waals surface area contributed by atoms with Gasteiger partial charge in [0.25, 0.3) is 12.3 Å². The van der Waals surface area contributed by atoms with Crippen LogP contribution in [0.1, 0.15) is 74.3 Å². The Kier molecular flexibility index (Phi) is 6.43. The molecule has 3 aromatic heterocycles. The predicted molar refractivity (Wildman–Crippen MR) is 123 cm³/mol. The van der Waals surface area contributed by atoms with Crippen LogP contribution in [0.2, 0.25) is 0 Å². The number of carbonyl (C=O) groups excluding carboxylic acids is 2. The Hall–Kier alpha value is -2.59. The lowest BCUT2D eigenvalue weighted by molar-refractivity contribution is 0.0527. The van der Waals surface area contributed by atoms with E-state index in [2.05, 4.69) is 10.3 Å². The molecule has 0 saturated heterocycles. The molecule has 4 rings (SSSR count). The number of fused-ring (bicyclic) bond motifs is 2. The van der Waals surface area contributed by atoms with Crippen LogP contribution in [0.25, 0.3) is 10.2 Å². The quantitative estimate of drug-likeness (QED) is 0.352. The molecule has 0 atom stereocenters. The summed E-state index contributed by atoms with van der Waals surface area (Å²) in [5.74, 6) is -0.948. The number of anilines is 2. The van der Waals surface area contributed by atoms with Gasteiger partial charge in [0.1, 0.15) is 20.4 Å². The van der Waals surface area contributed by atoms with Crippen LogP contribution in [-0.2, 0) is 17.6 Å². The van der Waals surface area contributed by atoms with Gasteiger partial charge < -0.3 is 15.8 Å². The SMILES string of the molecule is CCOC(=O)c1c(NC(=O)c2sc3nc(C(F)F)cc(C)c3c2N)sc2c1CCCCC2. The van der Waals surface area contributed by atoms with E-state index < -0.39 is 18.3 Å². The van der Waals surface area contributed by atoms with E-state index in [9.17, 15) is 18.4 Å². The number of rotatable bonds is 5. The highest BCUT2D eigenvalue weighted by molar-refractivity contribution is 7.21. The van der Waals surface area contributed by atoms with Crippen molar-refractivity contribution in [2.75, 3.05) is 17.7 Å². The van der Waals surface area contributed by atoms with Crippen molar-refractivity contribution in [1.82, 2.24) is 4.98 Å². The van der Waals surface area contributed by atoms with E-state index in [0.29, 0.717) is 21.5 Å². The number of esters is 1. The minimum Gasteiger partial charge on any atom is -0.462 e. The third-order valence-electron chi connectivity index (χ3n) is 5.47. The number of nitrogens with two attached hydrogens (primary N) is 1. The maximum absolute atomic E-state index is 13.1. The number of nitrogens with zero attached hydrogens (tertiary/aromatic N) is 1.